The fourth-order valence-electron chi connectivity index (χ4n) is 15.1. The van der Waals surface area contributed by atoms with Crippen molar-refractivity contribution in [3.05, 3.63) is 11.6 Å². The summed E-state index contributed by atoms with van der Waals surface area (Å²) in [5.74, 6) is -0.0971. The summed E-state index contributed by atoms with van der Waals surface area (Å²) in [6.07, 6.45) is -13.4. The van der Waals surface area contributed by atoms with E-state index in [1.807, 2.05) is 0 Å². The maximum atomic E-state index is 13.1. The molecule has 0 aromatic rings. The Labute approximate surface area is 382 Å². The lowest BCUT2D eigenvalue weighted by atomic mass is 9.33. The molecule has 0 amide bonds. The second kappa shape index (κ2) is 17.5. The number of carbonyl (C=O) groups is 1. The van der Waals surface area contributed by atoms with Gasteiger partial charge in [0.05, 0.1) is 30.8 Å². The molecule has 0 aromatic heterocycles. The first-order valence-electron chi connectivity index (χ1n) is 24.2. The van der Waals surface area contributed by atoms with Crippen LogP contribution in [0.15, 0.2) is 11.6 Å². The monoisotopic (exact) mass is 927 g/mol. The summed E-state index contributed by atoms with van der Waals surface area (Å²) in [5, 5.41) is 108. The Morgan fingerprint density at radius 2 is 1.26 bits per heavy atom. The Balaban J connectivity index is 1.02. The van der Waals surface area contributed by atoms with Gasteiger partial charge in [0.2, 0.25) is 0 Å². The zero-order chi connectivity index (χ0) is 47.6. The second-order valence-corrected chi connectivity index (χ2v) is 23.5. The molecule has 23 unspecified atom stereocenters. The number of rotatable bonds is 9. The van der Waals surface area contributed by atoms with Crippen LogP contribution in [0.3, 0.4) is 0 Å². The fourth-order valence-corrected chi connectivity index (χ4v) is 15.1. The molecule has 3 heterocycles. The number of aliphatic carboxylic acids is 1. The van der Waals surface area contributed by atoms with Gasteiger partial charge in [0, 0.05) is 0 Å². The Hall–Kier alpha value is -1.39. The molecule has 0 bridgehead atoms. The number of fused-ring (bicyclic) bond motifs is 7. The number of allylic oxidation sites excluding steroid dienone is 2. The van der Waals surface area contributed by atoms with Gasteiger partial charge in [-0.25, -0.2) is 0 Å². The molecule has 0 radical (unpaired) electrons. The summed E-state index contributed by atoms with van der Waals surface area (Å²) in [6.45, 7) is 16.3. The van der Waals surface area contributed by atoms with Gasteiger partial charge in [-0.15, -0.1) is 0 Å². The summed E-state index contributed by atoms with van der Waals surface area (Å²) in [6, 6.07) is 0. The van der Waals surface area contributed by atoms with E-state index in [0.29, 0.717) is 25.2 Å². The molecule has 0 spiro atoms. The van der Waals surface area contributed by atoms with Crippen molar-refractivity contribution in [2.24, 2.45) is 50.2 Å². The molecule has 4 saturated carbocycles. The number of hydrogen-bond acceptors (Lipinski definition) is 16. The first-order valence-corrected chi connectivity index (χ1v) is 24.2. The highest BCUT2D eigenvalue weighted by molar-refractivity contribution is 5.76. The first-order chi connectivity index (χ1) is 30.3. The van der Waals surface area contributed by atoms with Crippen LogP contribution in [0.4, 0.5) is 0 Å². The third-order valence-corrected chi connectivity index (χ3v) is 19.3. The molecule has 7 fully saturated rings. The van der Waals surface area contributed by atoms with Crippen molar-refractivity contribution in [3.63, 3.8) is 0 Å². The zero-order valence-corrected chi connectivity index (χ0v) is 39.4. The zero-order valence-electron chi connectivity index (χ0n) is 39.4. The third-order valence-electron chi connectivity index (χ3n) is 19.3. The van der Waals surface area contributed by atoms with Gasteiger partial charge in [0.25, 0.3) is 0 Å². The van der Waals surface area contributed by atoms with E-state index < -0.39 is 128 Å². The molecule has 372 valence electrons. The Bertz CT molecular complexity index is 1780. The average molecular weight is 927 g/mol. The van der Waals surface area contributed by atoms with Crippen LogP contribution in [0.1, 0.15) is 120 Å². The van der Waals surface area contributed by atoms with Gasteiger partial charge in [0.1, 0.15) is 67.1 Å². The molecular formula is C48H78O17. The minimum Gasteiger partial charge on any atom is -0.481 e. The van der Waals surface area contributed by atoms with Crippen LogP contribution in [0.25, 0.3) is 0 Å². The first kappa shape index (κ1) is 50.0. The van der Waals surface area contributed by atoms with Crippen LogP contribution in [-0.2, 0) is 33.2 Å². The predicted molar refractivity (Wildman–Crippen MR) is 229 cm³/mol. The molecule has 10 N–H and O–H groups in total. The van der Waals surface area contributed by atoms with Crippen LogP contribution in [0.5, 0.6) is 0 Å². The summed E-state index contributed by atoms with van der Waals surface area (Å²) in [7, 11) is 0. The maximum absolute atomic E-state index is 13.1. The van der Waals surface area contributed by atoms with Crippen molar-refractivity contribution < 1.29 is 84.3 Å². The van der Waals surface area contributed by atoms with Gasteiger partial charge in [0.15, 0.2) is 18.9 Å². The lowest BCUT2D eigenvalue weighted by Crippen LogP contribution is -2.67. The van der Waals surface area contributed by atoms with Crippen LogP contribution in [0, 0.1) is 50.2 Å². The molecule has 3 saturated heterocycles. The maximum Gasteiger partial charge on any atom is 0.310 e. The normalized spacial score (nSPS) is 54.0. The van der Waals surface area contributed by atoms with E-state index in [-0.39, 0.29) is 33.5 Å². The van der Waals surface area contributed by atoms with Crippen LogP contribution >= 0.6 is 0 Å². The molecule has 5 aliphatic carbocycles. The summed E-state index contributed by atoms with van der Waals surface area (Å²) >= 11 is 0. The molecule has 17 heteroatoms. The van der Waals surface area contributed by atoms with E-state index in [4.69, 9.17) is 28.4 Å². The van der Waals surface area contributed by atoms with E-state index in [0.717, 1.165) is 44.9 Å². The number of ether oxygens (including phenoxy) is 6. The van der Waals surface area contributed by atoms with Crippen molar-refractivity contribution in [3.8, 4) is 0 Å². The van der Waals surface area contributed by atoms with E-state index >= 15 is 0 Å². The second-order valence-electron chi connectivity index (χ2n) is 23.5. The molecule has 0 aromatic carbocycles. The Kier molecular flexibility index (Phi) is 13.4. The van der Waals surface area contributed by atoms with Gasteiger partial charge >= 0.3 is 5.97 Å². The largest absolute Gasteiger partial charge is 0.481 e. The van der Waals surface area contributed by atoms with E-state index in [2.05, 4.69) is 54.5 Å². The minimum absolute atomic E-state index is 0.0184. The van der Waals surface area contributed by atoms with Crippen molar-refractivity contribution in [1.82, 2.24) is 0 Å². The predicted octanol–water partition coefficient (Wildman–Crippen LogP) is 1.73. The Morgan fingerprint density at radius 3 is 1.92 bits per heavy atom. The number of carboxylic acid groups (broad SMARTS) is 1. The Morgan fingerprint density at radius 1 is 0.646 bits per heavy atom. The highest BCUT2D eigenvalue weighted by atomic mass is 16.8. The van der Waals surface area contributed by atoms with E-state index in [1.54, 1.807) is 0 Å². The third kappa shape index (κ3) is 7.81. The highest BCUT2D eigenvalue weighted by Crippen LogP contribution is 2.76. The quantitative estimate of drug-likeness (QED) is 0.117. The van der Waals surface area contributed by atoms with Crippen LogP contribution in [0.2, 0.25) is 0 Å². The molecular weight excluding hydrogens is 849 g/mol. The average Bonchev–Trinajstić information content (AvgIpc) is 3.24. The molecule has 65 heavy (non-hydrogen) atoms. The molecule has 23 atom stereocenters. The van der Waals surface area contributed by atoms with Crippen molar-refractivity contribution >= 4 is 5.97 Å². The van der Waals surface area contributed by atoms with Gasteiger partial charge < -0.3 is 79.5 Å². The fraction of sp³-hybridized carbons (Fsp3) is 0.938. The van der Waals surface area contributed by atoms with E-state index in [1.165, 1.54) is 12.5 Å². The van der Waals surface area contributed by atoms with Gasteiger partial charge in [-0.2, -0.15) is 0 Å². The minimum atomic E-state index is -1.84. The van der Waals surface area contributed by atoms with Crippen molar-refractivity contribution in [2.45, 2.75) is 218 Å². The van der Waals surface area contributed by atoms with Gasteiger partial charge in [-0.1, -0.05) is 60.1 Å². The summed E-state index contributed by atoms with van der Waals surface area (Å²) < 4.78 is 36.3. The summed E-state index contributed by atoms with van der Waals surface area (Å²) in [5.41, 5.74) is -0.00899. The standard InChI is InChI=1S/C48H78O17/c1-22-30(51)33(54)35(56)39(60-22)65-38-34(55)31(52)25(20-49)62-41(38)64-37-32(53)26(21-50)61-40(36(37)57)63-29-12-13-45(6)27(44(29,4)5)11-14-47(8)28(45)10-9-23-24-19-43(2,3)15-17-48(24,42(58)59)18-16-46(23,47)7/h9,22,24-41,49-57H,10-21H2,1-8H3,(H,58,59). The summed E-state index contributed by atoms with van der Waals surface area (Å²) in [4.78, 5) is 13.1. The molecule has 17 nitrogen and oxygen atoms in total. The number of carboxylic acids is 1. The molecule has 8 aliphatic rings. The van der Waals surface area contributed by atoms with Gasteiger partial charge in [-0.05, 0) is 116 Å². The number of aliphatic hydroxyl groups excluding tert-OH is 9. The smallest absolute Gasteiger partial charge is 0.310 e. The van der Waals surface area contributed by atoms with Crippen molar-refractivity contribution in [2.75, 3.05) is 13.2 Å². The van der Waals surface area contributed by atoms with Crippen LogP contribution < -0.4 is 0 Å². The molecule has 8 rings (SSSR count). The van der Waals surface area contributed by atoms with E-state index in [9.17, 15) is 55.9 Å². The topological polar surface area (TPSA) is 275 Å². The van der Waals surface area contributed by atoms with Gasteiger partial charge in [-0.3, -0.25) is 4.79 Å². The lowest BCUT2D eigenvalue weighted by Gasteiger charge is -2.71. The SMILES string of the molecule is CC1OC(OC2C(OC3C(O)C(CO)OC(OC4CCC5(C)C(CCC6(C)C5CC=C5C7CC(C)(C)CCC7(C(=O)O)CCC56C)C4(C)C)C3O)OC(CO)C(O)C2O)C(O)C(O)C1O. The highest BCUT2D eigenvalue weighted by Gasteiger charge is 2.70. The number of hydrogen-bond donors (Lipinski definition) is 10. The lowest BCUT2D eigenvalue weighted by molar-refractivity contribution is -0.391. The van der Waals surface area contributed by atoms with Crippen LogP contribution in [-0.4, -0.2) is 168 Å². The van der Waals surface area contributed by atoms with Crippen molar-refractivity contribution in [1.29, 1.82) is 0 Å². The number of aliphatic hydroxyl groups is 9. The molecule has 3 aliphatic heterocycles.